The molecule has 0 spiro atoms. The number of aliphatic hydroxyl groups excluding tert-OH is 15. The van der Waals surface area contributed by atoms with Crippen molar-refractivity contribution in [2.45, 2.75) is 280 Å². The van der Waals surface area contributed by atoms with E-state index in [1.165, 1.54) is 13.8 Å². The van der Waals surface area contributed by atoms with Gasteiger partial charge in [0.05, 0.1) is 44.2 Å². The van der Waals surface area contributed by atoms with Crippen molar-refractivity contribution in [3.8, 4) is 0 Å². The lowest BCUT2D eigenvalue weighted by atomic mass is 9.33. The number of hydrogen-bond acceptors (Lipinski definition) is 26. The molecule has 0 aromatic rings. The van der Waals surface area contributed by atoms with E-state index in [0.29, 0.717) is 38.5 Å². The number of ether oxygens (including phenoxy) is 10. The lowest BCUT2D eigenvalue weighted by Gasteiger charge is -2.71. The molecule has 4 saturated carbocycles. The van der Waals surface area contributed by atoms with Gasteiger partial charge in [-0.15, -0.1) is 0 Å². The molecule has 5 aliphatic heterocycles. The van der Waals surface area contributed by atoms with Gasteiger partial charge in [0.1, 0.15) is 103 Å². The Labute approximate surface area is 494 Å². The first-order valence-electron chi connectivity index (χ1n) is 30.6. The fraction of sp³-hybridized carbons (Fsp3) is 0.949. The number of rotatable bonds is 12. The summed E-state index contributed by atoms with van der Waals surface area (Å²) in [6, 6.07) is 0. The van der Waals surface area contributed by atoms with Crippen LogP contribution < -0.4 is 0 Å². The van der Waals surface area contributed by atoms with Gasteiger partial charge < -0.3 is 124 Å². The summed E-state index contributed by atoms with van der Waals surface area (Å²) in [7, 11) is 0. The van der Waals surface area contributed by atoms with Crippen LogP contribution in [0.3, 0.4) is 0 Å². The molecule has 33 atom stereocenters. The third kappa shape index (κ3) is 10.9. The molecule has 10 aliphatic rings. The first kappa shape index (κ1) is 66.2. The number of fused-ring (bicyclic) bond motifs is 7. The molecule has 85 heavy (non-hydrogen) atoms. The molecule has 0 unspecified atom stereocenters. The smallest absolute Gasteiger partial charge is 0.317 e. The van der Waals surface area contributed by atoms with Gasteiger partial charge in [0.2, 0.25) is 6.29 Å². The minimum absolute atomic E-state index is 0.00918. The highest BCUT2D eigenvalue weighted by Gasteiger charge is 2.72. The Bertz CT molecular complexity index is 2380. The van der Waals surface area contributed by atoms with Crippen LogP contribution in [0.15, 0.2) is 11.6 Å². The Morgan fingerprint density at radius 2 is 1.11 bits per heavy atom. The minimum atomic E-state index is -1.87. The SMILES string of the molecule is C[C@@H]1O[C@@H](O[C@@H]2[C@@H](O)[C@H](O[C@H]3CC[C@]4(C)[C@H]5CC=C6[C@@H]7CC(C)(C)CC[C@]7(C(=O)O[C@@H]7O[C@H](CO)[C@@H](O)[C@H](O)[C@H]7O[C@@H]7O[C@@H](C)[C@H](O)[C@@H](O)[C@H]7O)[C@H](O)C[C@@]6(C)[C@]5(C)CC[C@H]4C3(C)C)O[C@H](CO)[C@H]2O[C@@H]2OC[C@@H](O)[C@H](O)[C@H]2O)[C@H](O)[C@H](O)[C@H]1O. The standard InChI is InChI=1S/C59H96O26/c1-23-34(64)38(68)42(72)49(77-23)83-46-44(74)51(80-29(21-61)45(46)82-48-41(71)36(66)27(62)22-76-48)81-33-13-14-56(7)30(55(33,5)6)12-15-57(8)31(56)11-10-25-26-18-54(3,4)16-17-59(26,32(63)19-58(25,57)9)53(75)85-52-47(40(70)37(67)28(20-60)79-52)84-50-43(73)39(69)35(65)24(2)78-50/h10,23-24,26-52,60-74H,11-22H2,1-9H3/t23-,24-,26-,27+,28+,29+,30-,31+,32+,33-,34-,35-,36-,37+,38+,39+,40-,41+,42+,43+,44+,45+,46+,47+,48-,49-,50-,51-,52-,56-,57+,58+,59+/m0/s1. The molecular weight excluding hydrogens is 1120 g/mol. The molecule has 5 heterocycles. The van der Waals surface area contributed by atoms with E-state index in [1.54, 1.807) is 0 Å². The number of hydrogen-bond donors (Lipinski definition) is 15. The van der Waals surface area contributed by atoms with Gasteiger partial charge in [-0.1, -0.05) is 60.1 Å². The van der Waals surface area contributed by atoms with E-state index in [1.807, 2.05) is 0 Å². The third-order valence-corrected chi connectivity index (χ3v) is 23.1. The second-order valence-corrected chi connectivity index (χ2v) is 28.7. The molecule has 0 amide bonds. The maximum atomic E-state index is 15.4. The number of aliphatic hydroxyl groups is 15. The van der Waals surface area contributed by atoms with Crippen LogP contribution in [0.4, 0.5) is 0 Å². The molecule has 5 saturated heterocycles. The van der Waals surface area contributed by atoms with E-state index in [4.69, 9.17) is 47.4 Å². The third-order valence-electron chi connectivity index (χ3n) is 23.1. The second-order valence-electron chi connectivity index (χ2n) is 28.7. The normalized spacial score (nSPS) is 55.0. The van der Waals surface area contributed by atoms with Crippen molar-refractivity contribution in [3.63, 3.8) is 0 Å². The zero-order valence-electron chi connectivity index (χ0n) is 50.0. The molecule has 0 aromatic heterocycles. The highest BCUT2D eigenvalue weighted by atomic mass is 16.8. The summed E-state index contributed by atoms with van der Waals surface area (Å²) >= 11 is 0. The highest BCUT2D eigenvalue weighted by Crippen LogP contribution is 2.76. The van der Waals surface area contributed by atoms with Crippen LogP contribution in [0.5, 0.6) is 0 Å². The fourth-order valence-electron chi connectivity index (χ4n) is 17.7. The van der Waals surface area contributed by atoms with E-state index in [2.05, 4.69) is 54.5 Å². The van der Waals surface area contributed by atoms with E-state index in [0.717, 1.165) is 12.0 Å². The molecule has 9 fully saturated rings. The fourth-order valence-corrected chi connectivity index (χ4v) is 17.7. The van der Waals surface area contributed by atoms with Gasteiger partial charge >= 0.3 is 5.97 Å². The molecule has 0 bridgehead atoms. The molecule has 5 aliphatic carbocycles. The summed E-state index contributed by atoms with van der Waals surface area (Å²) in [5.74, 6) is -1.31. The van der Waals surface area contributed by atoms with Crippen LogP contribution in [0.1, 0.15) is 120 Å². The zero-order chi connectivity index (χ0) is 62.2. The molecule has 26 heteroatoms. The maximum absolute atomic E-state index is 15.4. The van der Waals surface area contributed by atoms with Crippen molar-refractivity contribution in [1.29, 1.82) is 0 Å². The number of carbonyl (C=O) groups excluding carboxylic acids is 1. The first-order chi connectivity index (χ1) is 39.7. The van der Waals surface area contributed by atoms with Crippen LogP contribution in [-0.4, -0.2) is 262 Å². The summed E-state index contributed by atoms with van der Waals surface area (Å²) in [6.07, 6.45) is -33.2. The summed E-state index contributed by atoms with van der Waals surface area (Å²) in [4.78, 5) is 15.4. The van der Waals surface area contributed by atoms with E-state index in [9.17, 15) is 76.6 Å². The predicted octanol–water partition coefficient (Wildman–Crippen LogP) is -2.55. The quantitative estimate of drug-likeness (QED) is 0.0544. The average Bonchev–Trinajstić information content (AvgIpc) is 0.738. The lowest BCUT2D eigenvalue weighted by Crippen LogP contribution is -2.69. The van der Waals surface area contributed by atoms with Crippen LogP contribution in [-0.2, 0) is 52.2 Å². The Morgan fingerprint density at radius 3 is 1.72 bits per heavy atom. The molecule has 0 radical (unpaired) electrons. The lowest BCUT2D eigenvalue weighted by molar-refractivity contribution is -0.388. The monoisotopic (exact) mass is 1220 g/mol. The predicted molar refractivity (Wildman–Crippen MR) is 288 cm³/mol. The Morgan fingerprint density at radius 1 is 0.541 bits per heavy atom. The second kappa shape index (κ2) is 24.1. The summed E-state index contributed by atoms with van der Waals surface area (Å²) < 4.78 is 60.7. The average molecular weight is 1220 g/mol. The van der Waals surface area contributed by atoms with Gasteiger partial charge in [-0.2, -0.15) is 0 Å². The van der Waals surface area contributed by atoms with Crippen molar-refractivity contribution in [2.75, 3.05) is 19.8 Å². The molecule has 488 valence electrons. The highest BCUT2D eigenvalue weighted by molar-refractivity contribution is 5.80. The van der Waals surface area contributed by atoms with Crippen molar-refractivity contribution in [3.05, 3.63) is 11.6 Å². The molecule has 10 rings (SSSR count). The molecular formula is C59H96O26. The van der Waals surface area contributed by atoms with E-state index < -0.39 is 213 Å². The van der Waals surface area contributed by atoms with Gasteiger partial charge in [-0.25, -0.2) is 0 Å². The Kier molecular flexibility index (Phi) is 18.7. The van der Waals surface area contributed by atoms with Crippen molar-refractivity contribution in [1.82, 2.24) is 0 Å². The summed E-state index contributed by atoms with van der Waals surface area (Å²) in [6.45, 7) is 16.2. The van der Waals surface area contributed by atoms with Crippen LogP contribution in [0, 0.1) is 50.2 Å². The van der Waals surface area contributed by atoms with Gasteiger partial charge in [-0.05, 0) is 116 Å². The Hall–Kier alpha value is -1.75. The van der Waals surface area contributed by atoms with Gasteiger partial charge in [0.15, 0.2) is 31.3 Å². The summed E-state index contributed by atoms with van der Waals surface area (Å²) in [5.41, 5.74) is -2.81. The van der Waals surface area contributed by atoms with Crippen LogP contribution >= 0.6 is 0 Å². The number of carbonyl (C=O) groups is 1. The largest absolute Gasteiger partial charge is 0.432 e. The zero-order valence-corrected chi connectivity index (χ0v) is 50.0. The summed E-state index contributed by atoms with van der Waals surface area (Å²) in [5, 5.41) is 165. The van der Waals surface area contributed by atoms with E-state index >= 15 is 4.79 Å². The van der Waals surface area contributed by atoms with Gasteiger partial charge in [-0.3, -0.25) is 4.79 Å². The Balaban J connectivity index is 0.903. The first-order valence-corrected chi connectivity index (χ1v) is 30.6. The molecule has 0 aromatic carbocycles. The topological polar surface area (TPSA) is 413 Å². The minimum Gasteiger partial charge on any atom is -0.432 e. The molecule has 15 N–H and O–H groups in total. The van der Waals surface area contributed by atoms with E-state index in [-0.39, 0.29) is 35.5 Å². The van der Waals surface area contributed by atoms with Crippen molar-refractivity contribution < 1.29 is 129 Å². The van der Waals surface area contributed by atoms with Crippen LogP contribution in [0.2, 0.25) is 0 Å². The van der Waals surface area contributed by atoms with Crippen molar-refractivity contribution >= 4 is 5.97 Å². The van der Waals surface area contributed by atoms with Gasteiger partial charge in [0.25, 0.3) is 0 Å². The van der Waals surface area contributed by atoms with Gasteiger partial charge in [0, 0.05) is 0 Å². The molecule has 26 nitrogen and oxygen atoms in total. The number of esters is 1. The maximum Gasteiger partial charge on any atom is 0.317 e. The van der Waals surface area contributed by atoms with Crippen molar-refractivity contribution in [2.24, 2.45) is 50.2 Å². The number of allylic oxidation sites excluding steroid dienone is 2. The van der Waals surface area contributed by atoms with Crippen LogP contribution in [0.25, 0.3) is 0 Å².